The Morgan fingerprint density at radius 1 is 0.926 bits per heavy atom. The van der Waals surface area contributed by atoms with Crippen molar-refractivity contribution < 1.29 is 4.79 Å². The Morgan fingerprint density at radius 3 is 2.41 bits per heavy atom. The maximum atomic E-state index is 12.6. The smallest absolute Gasteiger partial charge is 0.251 e. The number of amides is 1. The lowest BCUT2D eigenvalue weighted by Crippen LogP contribution is -2.35. The molecule has 142 valence electrons. The van der Waals surface area contributed by atoms with Crippen LogP contribution in [0.4, 0.5) is 5.69 Å². The Kier molecular flexibility index (Phi) is 5.76. The molecule has 2 aromatic rings. The number of nitrogens with one attached hydrogen (secondary N) is 1. The van der Waals surface area contributed by atoms with Crippen molar-refractivity contribution in [3.63, 3.8) is 0 Å². The van der Waals surface area contributed by atoms with E-state index in [-0.39, 0.29) is 5.91 Å². The lowest BCUT2D eigenvalue weighted by Gasteiger charge is -2.21. The van der Waals surface area contributed by atoms with E-state index in [9.17, 15) is 4.79 Å². The summed E-state index contributed by atoms with van der Waals surface area (Å²) in [5.74, 6) is 0.0821. The Balaban J connectivity index is 1.35. The molecule has 0 saturated heterocycles. The van der Waals surface area contributed by atoms with Crippen LogP contribution in [0.5, 0.6) is 0 Å². The molecule has 0 spiro atoms. The van der Waals surface area contributed by atoms with E-state index in [1.807, 2.05) is 12.1 Å². The Labute approximate surface area is 162 Å². The molecule has 3 nitrogen and oxygen atoms in total. The molecule has 0 radical (unpaired) electrons. The molecule has 1 fully saturated rings. The fourth-order valence-corrected chi connectivity index (χ4v) is 4.42. The summed E-state index contributed by atoms with van der Waals surface area (Å²) in [4.78, 5) is 15.0. The van der Waals surface area contributed by atoms with Crippen molar-refractivity contribution >= 4 is 11.6 Å². The first-order valence-corrected chi connectivity index (χ1v) is 10.5. The molecular formula is C24H30N2O. The van der Waals surface area contributed by atoms with Gasteiger partial charge in [-0.2, -0.15) is 0 Å². The van der Waals surface area contributed by atoms with Crippen LogP contribution in [0.3, 0.4) is 0 Å². The van der Waals surface area contributed by atoms with E-state index in [2.05, 4.69) is 46.6 Å². The summed E-state index contributed by atoms with van der Waals surface area (Å²) in [5, 5.41) is 3.26. The van der Waals surface area contributed by atoms with Gasteiger partial charge in [0, 0.05) is 30.4 Å². The van der Waals surface area contributed by atoms with Crippen molar-refractivity contribution in [3.05, 3.63) is 65.2 Å². The molecule has 0 unspecified atom stereocenters. The van der Waals surface area contributed by atoms with E-state index < -0.39 is 0 Å². The normalized spacial score (nSPS) is 17.9. The van der Waals surface area contributed by atoms with Crippen molar-refractivity contribution in [1.29, 1.82) is 0 Å². The van der Waals surface area contributed by atoms with Crippen LogP contribution in [0.1, 0.15) is 66.4 Å². The van der Waals surface area contributed by atoms with Gasteiger partial charge in [0.25, 0.3) is 5.91 Å². The molecule has 1 N–H and O–H groups in total. The predicted octanol–water partition coefficient (Wildman–Crippen LogP) is 5.09. The molecule has 1 aliphatic heterocycles. The number of fused-ring (bicyclic) bond motifs is 1. The van der Waals surface area contributed by atoms with E-state index in [0.29, 0.717) is 6.04 Å². The largest absolute Gasteiger partial charge is 0.367 e. The minimum atomic E-state index is 0.0821. The molecule has 4 rings (SSSR count). The summed E-state index contributed by atoms with van der Waals surface area (Å²) < 4.78 is 0. The lowest BCUT2D eigenvalue weighted by molar-refractivity contribution is 0.0930. The molecule has 1 saturated carbocycles. The van der Waals surface area contributed by atoms with Crippen LogP contribution >= 0.6 is 0 Å². The first-order valence-electron chi connectivity index (χ1n) is 10.5. The number of anilines is 1. The number of para-hydroxylation sites is 1. The number of hydrogen-bond acceptors (Lipinski definition) is 2. The van der Waals surface area contributed by atoms with Gasteiger partial charge in [0.15, 0.2) is 0 Å². The Hall–Kier alpha value is -2.29. The average molecular weight is 363 g/mol. The first-order chi connectivity index (χ1) is 13.3. The third-order valence-corrected chi connectivity index (χ3v) is 6.01. The Morgan fingerprint density at radius 2 is 1.63 bits per heavy atom. The van der Waals surface area contributed by atoms with Gasteiger partial charge in [-0.05, 0) is 48.6 Å². The standard InChI is InChI=1S/C24H30N2O/c27-24(25-22-9-4-2-1-3-5-10-22)21-14-12-19(13-15-21)18-26-17-16-20-8-6-7-11-23(20)26/h6-8,11-15,22H,1-5,9-10,16-18H2,(H,25,27). The number of nitrogens with zero attached hydrogens (tertiary/aromatic N) is 1. The van der Waals surface area contributed by atoms with Gasteiger partial charge in [0.05, 0.1) is 0 Å². The minimum absolute atomic E-state index is 0.0821. The van der Waals surface area contributed by atoms with E-state index in [1.54, 1.807) is 0 Å². The molecule has 1 aliphatic carbocycles. The molecule has 27 heavy (non-hydrogen) atoms. The highest BCUT2D eigenvalue weighted by Crippen LogP contribution is 2.28. The molecule has 1 amide bonds. The van der Waals surface area contributed by atoms with Gasteiger partial charge in [-0.1, -0.05) is 62.4 Å². The van der Waals surface area contributed by atoms with Crippen molar-refractivity contribution in [1.82, 2.24) is 5.32 Å². The summed E-state index contributed by atoms with van der Waals surface area (Å²) in [6, 6.07) is 17.2. The third-order valence-electron chi connectivity index (χ3n) is 6.01. The molecule has 2 aromatic carbocycles. The van der Waals surface area contributed by atoms with Gasteiger partial charge >= 0.3 is 0 Å². The molecule has 1 heterocycles. The van der Waals surface area contributed by atoms with E-state index in [0.717, 1.165) is 37.9 Å². The zero-order chi connectivity index (χ0) is 18.5. The fraction of sp³-hybridized carbons (Fsp3) is 0.458. The summed E-state index contributed by atoms with van der Waals surface area (Å²) in [5.41, 5.74) is 4.83. The second kappa shape index (κ2) is 8.60. The first kappa shape index (κ1) is 18.1. The zero-order valence-electron chi connectivity index (χ0n) is 16.1. The van der Waals surface area contributed by atoms with Crippen LogP contribution in [0.2, 0.25) is 0 Å². The maximum Gasteiger partial charge on any atom is 0.251 e. The van der Waals surface area contributed by atoms with Crippen LogP contribution in [-0.2, 0) is 13.0 Å². The van der Waals surface area contributed by atoms with Crippen LogP contribution in [0.25, 0.3) is 0 Å². The number of carbonyl (C=O) groups excluding carboxylic acids is 1. The van der Waals surface area contributed by atoms with Gasteiger partial charge in [-0.25, -0.2) is 0 Å². The van der Waals surface area contributed by atoms with Crippen LogP contribution in [-0.4, -0.2) is 18.5 Å². The number of carbonyl (C=O) groups is 1. The molecule has 2 aliphatic rings. The topological polar surface area (TPSA) is 32.3 Å². The number of benzene rings is 2. The second-order valence-corrected chi connectivity index (χ2v) is 8.01. The van der Waals surface area contributed by atoms with E-state index in [1.165, 1.54) is 48.9 Å². The van der Waals surface area contributed by atoms with Crippen molar-refractivity contribution in [3.8, 4) is 0 Å². The van der Waals surface area contributed by atoms with Gasteiger partial charge in [-0.15, -0.1) is 0 Å². The SMILES string of the molecule is O=C(NC1CCCCCCC1)c1ccc(CN2CCc3ccccc32)cc1. The summed E-state index contributed by atoms with van der Waals surface area (Å²) in [6.45, 7) is 1.98. The maximum absolute atomic E-state index is 12.6. The van der Waals surface area contributed by atoms with Crippen LogP contribution in [0.15, 0.2) is 48.5 Å². The Bertz CT molecular complexity index is 760. The molecule has 0 atom stereocenters. The second-order valence-electron chi connectivity index (χ2n) is 8.01. The van der Waals surface area contributed by atoms with Gasteiger partial charge < -0.3 is 10.2 Å². The molecular weight excluding hydrogens is 332 g/mol. The monoisotopic (exact) mass is 362 g/mol. The minimum Gasteiger partial charge on any atom is -0.367 e. The predicted molar refractivity (Wildman–Crippen MR) is 111 cm³/mol. The van der Waals surface area contributed by atoms with Crippen molar-refractivity contribution in [2.24, 2.45) is 0 Å². The number of hydrogen-bond donors (Lipinski definition) is 1. The van der Waals surface area contributed by atoms with E-state index in [4.69, 9.17) is 0 Å². The zero-order valence-corrected chi connectivity index (χ0v) is 16.1. The summed E-state index contributed by atoms with van der Waals surface area (Å²) in [6.07, 6.45) is 9.81. The molecule has 3 heteroatoms. The lowest BCUT2D eigenvalue weighted by atomic mass is 9.96. The fourth-order valence-electron chi connectivity index (χ4n) is 4.42. The van der Waals surface area contributed by atoms with Crippen LogP contribution < -0.4 is 10.2 Å². The highest BCUT2D eigenvalue weighted by atomic mass is 16.1. The van der Waals surface area contributed by atoms with Gasteiger partial charge in [-0.3, -0.25) is 4.79 Å². The van der Waals surface area contributed by atoms with Gasteiger partial charge in [0.1, 0.15) is 0 Å². The summed E-state index contributed by atoms with van der Waals surface area (Å²) >= 11 is 0. The average Bonchev–Trinajstić information content (AvgIpc) is 3.07. The third kappa shape index (κ3) is 4.52. The molecule has 0 bridgehead atoms. The van der Waals surface area contributed by atoms with Crippen LogP contribution in [0, 0.1) is 0 Å². The molecule has 0 aromatic heterocycles. The van der Waals surface area contributed by atoms with Gasteiger partial charge in [0.2, 0.25) is 0 Å². The van der Waals surface area contributed by atoms with Crippen molar-refractivity contribution in [2.45, 2.75) is 64.0 Å². The summed E-state index contributed by atoms with van der Waals surface area (Å²) in [7, 11) is 0. The highest BCUT2D eigenvalue weighted by molar-refractivity contribution is 5.94. The highest BCUT2D eigenvalue weighted by Gasteiger charge is 2.19. The van der Waals surface area contributed by atoms with Crippen molar-refractivity contribution in [2.75, 3.05) is 11.4 Å². The van der Waals surface area contributed by atoms with E-state index >= 15 is 0 Å². The number of rotatable bonds is 4. The quantitative estimate of drug-likeness (QED) is 0.821.